The van der Waals surface area contributed by atoms with Gasteiger partial charge in [0.15, 0.2) is 0 Å². The predicted octanol–water partition coefficient (Wildman–Crippen LogP) is 2.37. The number of anilines is 2. The lowest BCUT2D eigenvalue weighted by molar-refractivity contribution is 0.380. The van der Waals surface area contributed by atoms with Gasteiger partial charge in [0, 0.05) is 12.1 Å². The van der Waals surface area contributed by atoms with Crippen molar-refractivity contribution in [2.45, 2.75) is 26.3 Å². The Morgan fingerprint density at radius 3 is 2.53 bits per heavy atom. The lowest BCUT2D eigenvalue weighted by Gasteiger charge is -2.37. The molecule has 0 aromatic heterocycles. The Kier molecular flexibility index (Phi) is 2.54. The molecule has 0 amide bonds. The van der Waals surface area contributed by atoms with Crippen LogP contribution in [0, 0.1) is 0 Å². The van der Waals surface area contributed by atoms with Crippen molar-refractivity contribution in [1.29, 1.82) is 0 Å². The van der Waals surface area contributed by atoms with Crippen molar-refractivity contribution in [1.82, 2.24) is 4.52 Å². The average molecular weight is 224 g/mol. The first kappa shape index (κ1) is 10.6. The van der Waals surface area contributed by atoms with Gasteiger partial charge in [-0.15, -0.1) is 0 Å². The van der Waals surface area contributed by atoms with Gasteiger partial charge < -0.3 is 0 Å². The molecule has 1 aromatic carbocycles. The molecule has 2 rings (SSSR count). The van der Waals surface area contributed by atoms with Gasteiger partial charge in [0.1, 0.15) is 0 Å². The van der Waals surface area contributed by atoms with Crippen LogP contribution in [0.25, 0.3) is 0 Å². The number of rotatable bonds is 1. The van der Waals surface area contributed by atoms with Gasteiger partial charge in [-0.1, -0.05) is 16.7 Å². The first-order valence-corrected chi connectivity index (χ1v) is 5.70. The van der Waals surface area contributed by atoms with Crippen LogP contribution in [0.3, 0.4) is 0 Å². The van der Waals surface area contributed by atoms with Crippen molar-refractivity contribution < 1.29 is 0 Å². The van der Waals surface area contributed by atoms with Crippen LogP contribution in [0.1, 0.15) is 20.8 Å². The third-order valence-corrected chi connectivity index (χ3v) is 2.72. The van der Waals surface area contributed by atoms with Crippen molar-refractivity contribution in [2.24, 2.45) is 5.14 Å². The van der Waals surface area contributed by atoms with Crippen LogP contribution in [0.2, 0.25) is 0 Å². The molecule has 0 atom stereocenters. The quantitative estimate of drug-likeness (QED) is 0.717. The Bertz CT molecular complexity index is 361. The van der Waals surface area contributed by atoms with Gasteiger partial charge in [0.25, 0.3) is 0 Å². The van der Waals surface area contributed by atoms with Gasteiger partial charge in [-0.05, 0) is 32.9 Å². The fourth-order valence-corrected chi connectivity index (χ4v) is 2.29. The van der Waals surface area contributed by atoms with Crippen molar-refractivity contribution in [2.75, 3.05) is 10.4 Å². The second-order valence-corrected chi connectivity index (χ2v) is 5.05. The van der Waals surface area contributed by atoms with E-state index < -0.39 is 0 Å². The second-order valence-electron chi connectivity index (χ2n) is 4.49. The summed E-state index contributed by atoms with van der Waals surface area (Å²) in [5.41, 5.74) is 5.47. The van der Waals surface area contributed by atoms with Crippen LogP contribution in [0.4, 0.5) is 11.4 Å². The van der Waals surface area contributed by atoms with E-state index in [4.69, 9.17) is 5.14 Å². The van der Waals surface area contributed by atoms with Crippen LogP contribution in [-0.2, 0) is 0 Å². The third kappa shape index (κ3) is 1.78. The number of para-hydroxylation sites is 2. The number of hydrogen-bond donors (Lipinski definition) is 2. The monoisotopic (exact) mass is 224 g/mol. The van der Waals surface area contributed by atoms with Crippen molar-refractivity contribution in [3.63, 3.8) is 0 Å². The Morgan fingerprint density at radius 1 is 1.27 bits per heavy atom. The third-order valence-electron chi connectivity index (χ3n) is 2.27. The highest BCUT2D eigenvalue weighted by Crippen LogP contribution is 2.39. The van der Waals surface area contributed by atoms with Crippen molar-refractivity contribution in [3.8, 4) is 0 Å². The Balaban J connectivity index is 2.43. The van der Waals surface area contributed by atoms with Crippen LogP contribution in [0.15, 0.2) is 24.3 Å². The van der Waals surface area contributed by atoms with E-state index in [9.17, 15) is 0 Å². The lowest BCUT2D eigenvalue weighted by Crippen LogP contribution is -2.49. The normalized spacial score (nSPS) is 16.4. The Labute approximate surface area is 94.6 Å². The van der Waals surface area contributed by atoms with E-state index in [0.717, 1.165) is 11.4 Å². The summed E-state index contributed by atoms with van der Waals surface area (Å²) in [6, 6.07) is 8.18. The van der Waals surface area contributed by atoms with Crippen LogP contribution in [-0.4, -0.2) is 10.1 Å². The highest BCUT2D eigenvalue weighted by Gasteiger charge is 2.34. The van der Waals surface area contributed by atoms with Crippen LogP contribution < -0.4 is 15.6 Å². The summed E-state index contributed by atoms with van der Waals surface area (Å²) in [6.45, 7) is 6.46. The molecule has 0 spiro atoms. The number of fused-ring (bicyclic) bond motifs is 1. The van der Waals surface area contributed by atoms with Gasteiger partial charge >= 0.3 is 0 Å². The van der Waals surface area contributed by atoms with E-state index in [1.807, 2.05) is 22.7 Å². The predicted molar refractivity (Wildman–Crippen MR) is 65.9 cm³/mol. The highest BCUT2D eigenvalue weighted by atomic mass is 32.2. The largest absolute Gasteiger partial charge is 0.288 e. The molecule has 0 saturated heterocycles. The summed E-state index contributed by atoms with van der Waals surface area (Å²) in [4.78, 5) is 0. The second kappa shape index (κ2) is 3.59. The molecule has 5 heteroatoms. The fourth-order valence-electron chi connectivity index (χ4n) is 1.71. The smallest absolute Gasteiger partial charge is 0.0801 e. The van der Waals surface area contributed by atoms with Gasteiger partial charge in [0.05, 0.1) is 16.9 Å². The van der Waals surface area contributed by atoms with E-state index in [1.165, 1.54) is 12.1 Å². The standard InChI is InChI=1S/C10H16N4S/c1-10(2,3)13-9-7-5-4-6-8(9)12-14(13)15-11/h4-7,12H,11H2,1-3H3. The number of nitrogens with one attached hydrogen (secondary N) is 1. The summed E-state index contributed by atoms with van der Waals surface area (Å²) in [5, 5.41) is 7.78. The van der Waals surface area contributed by atoms with Crippen LogP contribution in [0.5, 0.6) is 0 Å². The van der Waals surface area contributed by atoms with E-state index in [-0.39, 0.29) is 5.54 Å². The number of nitrogens with zero attached hydrogens (tertiary/aromatic N) is 2. The number of benzene rings is 1. The molecule has 1 aliphatic heterocycles. The summed E-state index contributed by atoms with van der Waals surface area (Å²) in [7, 11) is 0. The maximum atomic E-state index is 5.64. The average Bonchev–Trinajstić information content (AvgIpc) is 2.54. The first-order chi connectivity index (χ1) is 7.04. The Morgan fingerprint density at radius 2 is 1.93 bits per heavy atom. The minimum absolute atomic E-state index is 0.00796. The molecule has 0 saturated carbocycles. The summed E-state index contributed by atoms with van der Waals surface area (Å²) in [5.74, 6) is 0. The van der Waals surface area contributed by atoms with Crippen molar-refractivity contribution >= 4 is 23.5 Å². The number of nitrogens with two attached hydrogens (primary N) is 1. The van der Waals surface area contributed by atoms with Gasteiger partial charge in [-0.3, -0.25) is 15.6 Å². The van der Waals surface area contributed by atoms with Gasteiger partial charge in [-0.25, -0.2) is 0 Å². The molecular formula is C10H16N4S. The zero-order valence-electron chi connectivity index (χ0n) is 9.19. The molecule has 0 bridgehead atoms. The summed E-state index contributed by atoms with van der Waals surface area (Å²) >= 11 is 1.17. The fraction of sp³-hybridized carbons (Fsp3) is 0.400. The Hall–Kier alpha value is -0.910. The molecule has 0 unspecified atom stereocenters. The molecule has 1 heterocycles. The van der Waals surface area contributed by atoms with Crippen molar-refractivity contribution in [3.05, 3.63) is 24.3 Å². The summed E-state index contributed by atoms with van der Waals surface area (Å²) in [6.07, 6.45) is 0. The summed E-state index contributed by atoms with van der Waals surface area (Å²) < 4.78 is 1.85. The molecule has 0 radical (unpaired) electrons. The molecule has 1 aromatic rings. The molecule has 1 aliphatic rings. The molecule has 82 valence electrons. The number of hydrazine groups is 2. The first-order valence-electron chi connectivity index (χ1n) is 4.87. The van der Waals surface area contributed by atoms with E-state index in [1.54, 1.807) is 0 Å². The topological polar surface area (TPSA) is 44.5 Å². The van der Waals surface area contributed by atoms with Gasteiger partial charge in [0.2, 0.25) is 0 Å². The minimum atomic E-state index is -0.00796. The van der Waals surface area contributed by atoms with E-state index in [2.05, 4.69) is 37.3 Å². The molecule has 0 aliphatic carbocycles. The highest BCUT2D eigenvalue weighted by molar-refractivity contribution is 7.94. The molecule has 15 heavy (non-hydrogen) atoms. The van der Waals surface area contributed by atoms with Gasteiger partial charge in [-0.2, -0.15) is 0 Å². The zero-order valence-corrected chi connectivity index (χ0v) is 10.0. The minimum Gasteiger partial charge on any atom is -0.288 e. The van der Waals surface area contributed by atoms with E-state index >= 15 is 0 Å². The maximum absolute atomic E-state index is 5.64. The molecular weight excluding hydrogens is 208 g/mol. The SMILES string of the molecule is CC(C)(C)N1c2ccccc2NN1SN. The molecule has 0 fully saturated rings. The molecule has 3 N–H and O–H groups in total. The maximum Gasteiger partial charge on any atom is 0.0801 e. The zero-order chi connectivity index (χ0) is 11.1. The lowest BCUT2D eigenvalue weighted by atomic mass is 10.1. The number of hydrogen-bond acceptors (Lipinski definition) is 5. The molecule has 4 nitrogen and oxygen atoms in total. The van der Waals surface area contributed by atoms with Crippen LogP contribution >= 0.6 is 12.1 Å². The van der Waals surface area contributed by atoms with E-state index in [0.29, 0.717) is 0 Å².